The summed E-state index contributed by atoms with van der Waals surface area (Å²) in [4.78, 5) is 0. The van der Waals surface area contributed by atoms with Gasteiger partial charge in [0.2, 0.25) is 0 Å². The number of hydrogen-bond donors (Lipinski definition) is 1. The summed E-state index contributed by atoms with van der Waals surface area (Å²) in [5.41, 5.74) is 3.91. The van der Waals surface area contributed by atoms with Crippen molar-refractivity contribution in [1.29, 1.82) is 0 Å². The molecule has 2 unspecified atom stereocenters. The zero-order valence-corrected chi connectivity index (χ0v) is 17.9. The maximum atomic E-state index is 13.8. The predicted molar refractivity (Wildman–Crippen MR) is 123 cm³/mol. The topological polar surface area (TPSA) is 46.5 Å². The molecule has 1 heterocycles. The zero-order chi connectivity index (χ0) is 21.3. The Labute approximate surface area is 186 Å². The lowest BCUT2D eigenvalue weighted by Gasteiger charge is -2.29. The molecule has 30 heavy (non-hydrogen) atoms. The third-order valence-corrected chi connectivity index (χ3v) is 6.04. The maximum Gasteiger partial charge on any atom is 0.157 e. The molecule has 0 aliphatic carbocycles. The summed E-state index contributed by atoms with van der Waals surface area (Å²) in [6.45, 7) is 0. The third kappa shape index (κ3) is 4.09. The van der Waals surface area contributed by atoms with Gasteiger partial charge in [0, 0.05) is 22.6 Å². The Morgan fingerprint density at radius 2 is 1.80 bits per heavy atom. The van der Waals surface area contributed by atoms with Crippen LogP contribution in [0.3, 0.4) is 0 Å². The van der Waals surface area contributed by atoms with Crippen LogP contribution in [-0.4, -0.2) is 14.1 Å². The van der Waals surface area contributed by atoms with Gasteiger partial charge in [-0.05, 0) is 34.7 Å². The largest absolute Gasteiger partial charge is 0.456 e. The second kappa shape index (κ2) is 8.78. The monoisotopic (exact) mass is 458 g/mol. The lowest BCUT2D eigenvalue weighted by atomic mass is 9.83. The number of thiocarbonyl (C=S) groups is 1. The minimum Gasteiger partial charge on any atom is -0.456 e. The van der Waals surface area contributed by atoms with E-state index in [0.29, 0.717) is 17.1 Å². The molecule has 1 N–H and O–H groups in total. The standard InChI is InChI=1S/C23H16ClFO3S2/c24-19-11-16(9-10-20(19)25)22-18(12-29)17-3-1-2-4-21(17)28-23(22)15-7-5-14(6-8-15)13-30(26)27/h1-12,18H,13H2,(H,26,27). The fraction of sp³-hybridized carbons (Fsp3) is 0.0870. The van der Waals surface area contributed by atoms with E-state index in [0.717, 1.165) is 22.3 Å². The average Bonchev–Trinajstić information content (AvgIpc) is 2.74. The van der Waals surface area contributed by atoms with Crippen molar-refractivity contribution < 1.29 is 17.9 Å². The van der Waals surface area contributed by atoms with Crippen molar-refractivity contribution in [2.45, 2.75) is 11.7 Å². The summed E-state index contributed by atoms with van der Waals surface area (Å²) in [6.07, 6.45) is 0. The van der Waals surface area contributed by atoms with Gasteiger partial charge >= 0.3 is 0 Å². The quantitative estimate of drug-likeness (QED) is 0.363. The van der Waals surface area contributed by atoms with Gasteiger partial charge in [0.25, 0.3) is 0 Å². The first-order chi connectivity index (χ1) is 14.5. The summed E-state index contributed by atoms with van der Waals surface area (Å²) in [5.74, 6) is 0.563. The lowest BCUT2D eigenvalue weighted by molar-refractivity contribution is 0.500. The van der Waals surface area contributed by atoms with E-state index in [1.165, 1.54) is 6.07 Å². The van der Waals surface area contributed by atoms with Gasteiger partial charge in [-0.1, -0.05) is 72.3 Å². The van der Waals surface area contributed by atoms with E-state index in [9.17, 15) is 8.60 Å². The van der Waals surface area contributed by atoms with E-state index in [4.69, 9.17) is 33.1 Å². The maximum absolute atomic E-state index is 13.8. The van der Waals surface area contributed by atoms with Crippen molar-refractivity contribution in [3.05, 3.63) is 99.8 Å². The summed E-state index contributed by atoms with van der Waals surface area (Å²) < 4.78 is 40.3. The molecule has 3 aromatic rings. The molecule has 0 saturated carbocycles. The van der Waals surface area contributed by atoms with Crippen LogP contribution in [0.2, 0.25) is 5.02 Å². The number of halogens is 2. The van der Waals surface area contributed by atoms with Crippen molar-refractivity contribution in [3.63, 3.8) is 0 Å². The van der Waals surface area contributed by atoms with Crippen LogP contribution in [0.25, 0.3) is 11.3 Å². The van der Waals surface area contributed by atoms with Crippen LogP contribution in [0.15, 0.2) is 66.7 Å². The van der Waals surface area contributed by atoms with E-state index >= 15 is 0 Å². The summed E-state index contributed by atoms with van der Waals surface area (Å²) in [7, 11) is 0. The first kappa shape index (κ1) is 20.9. The molecule has 3 aromatic carbocycles. The van der Waals surface area contributed by atoms with Crippen LogP contribution in [-0.2, 0) is 16.8 Å². The first-order valence-electron chi connectivity index (χ1n) is 9.06. The minimum atomic E-state index is -1.92. The molecule has 0 bridgehead atoms. The van der Waals surface area contributed by atoms with E-state index in [1.54, 1.807) is 29.6 Å². The highest BCUT2D eigenvalue weighted by molar-refractivity contribution is 7.79. The average molecular weight is 459 g/mol. The van der Waals surface area contributed by atoms with Gasteiger partial charge in [-0.3, -0.25) is 0 Å². The molecule has 1 aliphatic rings. The molecule has 0 amide bonds. The number of allylic oxidation sites excluding steroid dienone is 1. The van der Waals surface area contributed by atoms with Gasteiger partial charge < -0.3 is 9.29 Å². The normalized spacial score (nSPS) is 16.6. The molecule has 0 spiro atoms. The zero-order valence-electron chi connectivity index (χ0n) is 15.5. The summed E-state index contributed by atoms with van der Waals surface area (Å²) >= 11 is 9.51. The van der Waals surface area contributed by atoms with Gasteiger partial charge in [-0.25, -0.2) is 8.60 Å². The molecule has 2 atom stereocenters. The number of rotatable bonds is 5. The molecule has 0 fully saturated rings. The van der Waals surface area contributed by atoms with Crippen molar-refractivity contribution in [2.75, 3.05) is 0 Å². The molecule has 0 aromatic heterocycles. The predicted octanol–water partition coefficient (Wildman–Crippen LogP) is 6.25. The van der Waals surface area contributed by atoms with Crippen LogP contribution in [0, 0.1) is 5.82 Å². The number of benzene rings is 3. The van der Waals surface area contributed by atoms with Crippen LogP contribution in [0.1, 0.15) is 28.2 Å². The van der Waals surface area contributed by atoms with Crippen molar-refractivity contribution in [1.82, 2.24) is 0 Å². The number of hydrogen-bond acceptors (Lipinski definition) is 3. The molecular weight excluding hydrogens is 443 g/mol. The molecule has 0 radical (unpaired) electrons. The number of ether oxygens (including phenoxy) is 1. The third-order valence-electron chi connectivity index (χ3n) is 4.89. The Hall–Kier alpha value is -2.38. The molecular formula is C23H16ClFO3S2. The minimum absolute atomic E-state index is 0.0158. The van der Waals surface area contributed by atoms with Gasteiger partial charge in [-0.2, -0.15) is 0 Å². The fourth-order valence-corrected chi connectivity index (χ4v) is 4.46. The van der Waals surface area contributed by atoms with Crippen LogP contribution < -0.4 is 4.74 Å². The van der Waals surface area contributed by atoms with Crippen LogP contribution in [0.5, 0.6) is 5.75 Å². The van der Waals surface area contributed by atoms with Gasteiger partial charge in [0.1, 0.15) is 17.3 Å². The van der Waals surface area contributed by atoms with E-state index < -0.39 is 16.9 Å². The van der Waals surface area contributed by atoms with Crippen molar-refractivity contribution in [3.8, 4) is 5.75 Å². The molecule has 7 heteroatoms. The molecule has 4 rings (SSSR count). The molecule has 1 aliphatic heterocycles. The molecule has 0 saturated heterocycles. The first-order valence-corrected chi connectivity index (χ1v) is 11.2. The smallest absolute Gasteiger partial charge is 0.157 e. The van der Waals surface area contributed by atoms with Gasteiger partial charge in [0.15, 0.2) is 11.1 Å². The van der Waals surface area contributed by atoms with E-state index in [2.05, 4.69) is 0 Å². The second-order valence-corrected chi connectivity index (χ2v) is 8.40. The summed E-state index contributed by atoms with van der Waals surface area (Å²) in [5, 5.41) is 1.68. The number of para-hydroxylation sites is 1. The highest BCUT2D eigenvalue weighted by atomic mass is 35.5. The SMILES string of the molecule is O=S(O)Cc1ccc(C2=C(c3ccc(F)c(Cl)c3)C(C=S)c3ccccc3O2)cc1. The highest BCUT2D eigenvalue weighted by Gasteiger charge is 2.30. The van der Waals surface area contributed by atoms with Crippen molar-refractivity contribution in [2.24, 2.45) is 0 Å². The lowest BCUT2D eigenvalue weighted by Crippen LogP contribution is -2.15. The van der Waals surface area contributed by atoms with E-state index in [-0.39, 0.29) is 16.7 Å². The second-order valence-electron chi connectivity index (χ2n) is 6.79. The Kier molecular flexibility index (Phi) is 6.11. The summed E-state index contributed by atoms with van der Waals surface area (Å²) in [6, 6.07) is 19.4. The number of fused-ring (bicyclic) bond motifs is 1. The fourth-order valence-electron chi connectivity index (χ4n) is 3.52. The Balaban J connectivity index is 1.91. The van der Waals surface area contributed by atoms with Gasteiger partial charge in [-0.15, -0.1) is 0 Å². The Morgan fingerprint density at radius 1 is 1.10 bits per heavy atom. The Bertz CT molecular complexity index is 1180. The van der Waals surface area contributed by atoms with Gasteiger partial charge in [0.05, 0.1) is 10.8 Å². The Morgan fingerprint density at radius 3 is 2.47 bits per heavy atom. The molecule has 3 nitrogen and oxygen atoms in total. The highest BCUT2D eigenvalue weighted by Crippen LogP contribution is 2.46. The van der Waals surface area contributed by atoms with Crippen molar-refractivity contribution >= 4 is 51.6 Å². The van der Waals surface area contributed by atoms with E-state index in [1.807, 2.05) is 36.4 Å². The van der Waals surface area contributed by atoms with Crippen LogP contribution >= 0.6 is 23.8 Å². The molecule has 152 valence electrons. The van der Waals surface area contributed by atoms with Crippen LogP contribution in [0.4, 0.5) is 4.39 Å².